The first-order valence-electron chi connectivity index (χ1n) is 7.20. The fraction of sp³-hybridized carbons (Fsp3) is 0.625. The fourth-order valence-corrected chi connectivity index (χ4v) is 1.88. The van der Waals surface area contributed by atoms with Crippen LogP contribution < -0.4 is 9.47 Å². The van der Waals surface area contributed by atoms with E-state index in [-0.39, 0.29) is 18.8 Å². The minimum atomic E-state index is -0.495. The summed E-state index contributed by atoms with van der Waals surface area (Å²) in [6, 6.07) is 7.43. The smallest absolute Gasteiger partial charge is 0.123 e. The second kappa shape index (κ2) is 8.12. The maximum Gasteiger partial charge on any atom is 0.123 e. The molecule has 2 N–H and O–H groups in total. The summed E-state index contributed by atoms with van der Waals surface area (Å²) in [6.07, 6.45) is 1.90. The Balaban J connectivity index is 2.68. The molecule has 20 heavy (non-hydrogen) atoms. The van der Waals surface area contributed by atoms with Crippen LogP contribution in [-0.2, 0) is 0 Å². The topological polar surface area (TPSA) is 58.9 Å². The van der Waals surface area contributed by atoms with E-state index in [2.05, 4.69) is 6.92 Å². The lowest BCUT2D eigenvalue weighted by molar-refractivity contribution is 0.0659. The molecule has 0 saturated heterocycles. The van der Waals surface area contributed by atoms with E-state index in [0.717, 1.165) is 25.0 Å². The third kappa shape index (κ3) is 5.80. The molecule has 0 fully saturated rings. The number of hydrogen-bond donors (Lipinski definition) is 2. The van der Waals surface area contributed by atoms with Crippen molar-refractivity contribution >= 4 is 0 Å². The number of ether oxygens (including phenoxy) is 2. The number of benzene rings is 1. The Labute approximate surface area is 121 Å². The van der Waals surface area contributed by atoms with E-state index in [9.17, 15) is 5.11 Å². The lowest BCUT2D eigenvalue weighted by Crippen LogP contribution is -2.31. The third-order valence-corrected chi connectivity index (χ3v) is 3.27. The van der Waals surface area contributed by atoms with E-state index in [1.165, 1.54) is 0 Å². The molecule has 1 rings (SSSR count). The van der Waals surface area contributed by atoms with Gasteiger partial charge in [0.2, 0.25) is 0 Å². The Hall–Kier alpha value is -1.26. The van der Waals surface area contributed by atoms with Gasteiger partial charge in [0.15, 0.2) is 0 Å². The average Bonchev–Trinajstić information content (AvgIpc) is 2.43. The van der Waals surface area contributed by atoms with Crippen LogP contribution in [-0.4, -0.2) is 35.1 Å². The molecule has 0 aromatic heterocycles. The highest BCUT2D eigenvalue weighted by atomic mass is 16.5. The van der Waals surface area contributed by atoms with Crippen LogP contribution >= 0.6 is 0 Å². The van der Waals surface area contributed by atoms with Crippen molar-refractivity contribution < 1.29 is 19.7 Å². The van der Waals surface area contributed by atoms with Crippen molar-refractivity contribution in [3.05, 3.63) is 24.3 Å². The van der Waals surface area contributed by atoms with Crippen LogP contribution in [0.25, 0.3) is 0 Å². The summed E-state index contributed by atoms with van der Waals surface area (Å²) in [7, 11) is 0. The largest absolute Gasteiger partial charge is 0.491 e. The molecule has 1 aromatic carbocycles. The molecule has 0 bridgehead atoms. The van der Waals surface area contributed by atoms with Crippen molar-refractivity contribution in [3.8, 4) is 11.5 Å². The second-order valence-corrected chi connectivity index (χ2v) is 5.37. The number of rotatable bonds is 9. The Kier molecular flexibility index (Phi) is 6.82. The van der Waals surface area contributed by atoms with Crippen LogP contribution in [0.5, 0.6) is 11.5 Å². The summed E-state index contributed by atoms with van der Waals surface area (Å²) in [5.41, 5.74) is -0.286. The summed E-state index contributed by atoms with van der Waals surface area (Å²) in [5, 5.41) is 18.2. The van der Waals surface area contributed by atoms with Gasteiger partial charge in [-0.3, -0.25) is 0 Å². The SMILES string of the molecule is CCC(C)(CCCO)Oc1cccc(OCC(C)O)c1. The van der Waals surface area contributed by atoms with Crippen LogP contribution in [0, 0.1) is 0 Å². The maximum absolute atomic E-state index is 9.22. The summed E-state index contributed by atoms with van der Waals surface area (Å²) >= 11 is 0. The van der Waals surface area contributed by atoms with E-state index in [1.807, 2.05) is 31.2 Å². The highest BCUT2D eigenvalue weighted by Gasteiger charge is 2.23. The molecule has 0 amide bonds. The van der Waals surface area contributed by atoms with Gasteiger partial charge < -0.3 is 19.7 Å². The number of aliphatic hydroxyl groups is 2. The lowest BCUT2D eigenvalue weighted by Gasteiger charge is -2.29. The second-order valence-electron chi connectivity index (χ2n) is 5.37. The van der Waals surface area contributed by atoms with Crippen LogP contribution in [0.4, 0.5) is 0 Å². The van der Waals surface area contributed by atoms with Crippen molar-refractivity contribution in [2.24, 2.45) is 0 Å². The molecular formula is C16H26O4. The monoisotopic (exact) mass is 282 g/mol. The van der Waals surface area contributed by atoms with Crippen molar-refractivity contribution in [3.63, 3.8) is 0 Å². The predicted octanol–water partition coefficient (Wildman–Crippen LogP) is 2.77. The Morgan fingerprint density at radius 2 is 2.00 bits per heavy atom. The minimum Gasteiger partial charge on any atom is -0.491 e. The van der Waals surface area contributed by atoms with Gasteiger partial charge in [-0.2, -0.15) is 0 Å². The first kappa shape index (κ1) is 16.8. The van der Waals surface area contributed by atoms with E-state index in [4.69, 9.17) is 14.6 Å². The Morgan fingerprint density at radius 1 is 1.30 bits per heavy atom. The van der Waals surface area contributed by atoms with Gasteiger partial charge in [-0.25, -0.2) is 0 Å². The number of hydrogen-bond acceptors (Lipinski definition) is 4. The van der Waals surface area contributed by atoms with Gasteiger partial charge in [-0.05, 0) is 45.2 Å². The molecule has 4 nitrogen and oxygen atoms in total. The predicted molar refractivity (Wildman–Crippen MR) is 79.3 cm³/mol. The van der Waals surface area contributed by atoms with Gasteiger partial charge in [0, 0.05) is 12.7 Å². The molecule has 2 atom stereocenters. The Morgan fingerprint density at radius 3 is 2.60 bits per heavy atom. The first-order chi connectivity index (χ1) is 9.49. The van der Waals surface area contributed by atoms with Crippen molar-refractivity contribution in [1.82, 2.24) is 0 Å². The van der Waals surface area contributed by atoms with Crippen LogP contribution in [0.3, 0.4) is 0 Å². The van der Waals surface area contributed by atoms with Gasteiger partial charge in [0.25, 0.3) is 0 Å². The van der Waals surface area contributed by atoms with E-state index < -0.39 is 6.10 Å². The van der Waals surface area contributed by atoms with E-state index in [0.29, 0.717) is 5.75 Å². The molecule has 0 radical (unpaired) electrons. The molecule has 0 aliphatic rings. The van der Waals surface area contributed by atoms with Gasteiger partial charge in [0.05, 0.1) is 6.10 Å². The standard InChI is InChI=1S/C16H26O4/c1-4-16(3,9-6-10-17)20-15-8-5-7-14(11-15)19-12-13(2)18/h5,7-8,11,13,17-18H,4,6,9-10,12H2,1-3H3. The third-order valence-electron chi connectivity index (χ3n) is 3.27. The molecule has 4 heteroatoms. The summed E-state index contributed by atoms with van der Waals surface area (Å²) in [4.78, 5) is 0. The quantitative estimate of drug-likeness (QED) is 0.731. The van der Waals surface area contributed by atoms with Gasteiger partial charge >= 0.3 is 0 Å². The molecule has 2 unspecified atom stereocenters. The van der Waals surface area contributed by atoms with E-state index >= 15 is 0 Å². The van der Waals surface area contributed by atoms with Gasteiger partial charge in [-0.1, -0.05) is 13.0 Å². The highest BCUT2D eigenvalue weighted by molar-refractivity contribution is 5.33. The van der Waals surface area contributed by atoms with Gasteiger partial charge in [-0.15, -0.1) is 0 Å². The zero-order chi connectivity index (χ0) is 15.0. The average molecular weight is 282 g/mol. The van der Waals surface area contributed by atoms with Crippen LogP contribution in [0.1, 0.15) is 40.0 Å². The van der Waals surface area contributed by atoms with Crippen molar-refractivity contribution in [2.75, 3.05) is 13.2 Å². The number of aliphatic hydroxyl groups excluding tert-OH is 2. The summed E-state index contributed by atoms with van der Waals surface area (Å²) in [6.45, 7) is 6.25. The molecule has 0 aliphatic carbocycles. The molecule has 0 heterocycles. The van der Waals surface area contributed by atoms with Crippen molar-refractivity contribution in [2.45, 2.75) is 51.7 Å². The minimum absolute atomic E-state index is 0.177. The molecule has 0 aliphatic heterocycles. The lowest BCUT2D eigenvalue weighted by atomic mass is 9.97. The zero-order valence-corrected chi connectivity index (χ0v) is 12.6. The molecule has 114 valence electrons. The molecule has 0 saturated carbocycles. The summed E-state index contributed by atoms with van der Waals surface area (Å²) < 4.78 is 11.5. The maximum atomic E-state index is 9.22. The zero-order valence-electron chi connectivity index (χ0n) is 12.6. The Bertz CT molecular complexity index is 392. The summed E-state index contributed by atoms with van der Waals surface area (Å²) in [5.74, 6) is 1.43. The molecule has 1 aromatic rings. The first-order valence-corrected chi connectivity index (χ1v) is 7.20. The normalized spacial score (nSPS) is 15.4. The van der Waals surface area contributed by atoms with E-state index in [1.54, 1.807) is 6.92 Å². The highest BCUT2D eigenvalue weighted by Crippen LogP contribution is 2.28. The molecular weight excluding hydrogens is 256 g/mol. The van der Waals surface area contributed by atoms with Crippen molar-refractivity contribution in [1.29, 1.82) is 0 Å². The van der Waals surface area contributed by atoms with Crippen LogP contribution in [0.2, 0.25) is 0 Å². The molecule has 0 spiro atoms. The van der Waals surface area contributed by atoms with Crippen LogP contribution in [0.15, 0.2) is 24.3 Å². The fourth-order valence-electron chi connectivity index (χ4n) is 1.88. The van der Waals surface area contributed by atoms with Gasteiger partial charge in [0.1, 0.15) is 23.7 Å².